The largest absolute Gasteiger partial charge is 0.354 e. The molecule has 1 amide bonds. The number of carbonyl (C=O) groups excluding carboxylic acids is 1. The maximum Gasteiger partial charge on any atom is 0.233 e. The van der Waals surface area contributed by atoms with Crippen molar-refractivity contribution in [2.45, 2.75) is 30.4 Å². The van der Waals surface area contributed by atoms with Crippen molar-refractivity contribution in [2.75, 3.05) is 26.4 Å². The van der Waals surface area contributed by atoms with Gasteiger partial charge in [0.15, 0.2) is 0 Å². The van der Waals surface area contributed by atoms with Gasteiger partial charge >= 0.3 is 0 Å². The Morgan fingerprint density at radius 2 is 2.07 bits per heavy atom. The Labute approximate surface area is 90.4 Å². The second-order valence-electron chi connectivity index (χ2n) is 3.90. The van der Waals surface area contributed by atoms with Gasteiger partial charge in [0, 0.05) is 11.3 Å². The summed E-state index contributed by atoms with van der Waals surface area (Å²) in [5, 5.41) is 5.85. The Bertz CT molecular complexity index is 191. The molecule has 1 saturated carbocycles. The molecule has 1 aliphatic carbocycles. The Morgan fingerprint density at radius 1 is 1.43 bits per heavy atom. The van der Waals surface area contributed by atoms with Crippen LogP contribution in [-0.2, 0) is 4.79 Å². The van der Waals surface area contributed by atoms with Gasteiger partial charge in [-0.05, 0) is 26.1 Å². The van der Waals surface area contributed by atoms with Crippen LogP contribution in [0.1, 0.15) is 25.7 Å². The van der Waals surface area contributed by atoms with Crippen LogP contribution < -0.4 is 10.6 Å². The van der Waals surface area contributed by atoms with Crippen LogP contribution in [0.15, 0.2) is 0 Å². The van der Waals surface area contributed by atoms with Crippen molar-refractivity contribution in [1.82, 2.24) is 10.6 Å². The smallest absolute Gasteiger partial charge is 0.233 e. The van der Waals surface area contributed by atoms with Gasteiger partial charge in [-0.25, -0.2) is 0 Å². The van der Waals surface area contributed by atoms with Gasteiger partial charge in [0.05, 0.1) is 6.54 Å². The molecule has 1 fully saturated rings. The molecule has 0 radical (unpaired) electrons. The van der Waals surface area contributed by atoms with E-state index in [1.165, 1.54) is 25.7 Å². The fourth-order valence-corrected chi connectivity index (χ4v) is 2.87. The van der Waals surface area contributed by atoms with E-state index >= 15 is 0 Å². The van der Waals surface area contributed by atoms with E-state index in [4.69, 9.17) is 0 Å². The average molecular weight is 216 g/mol. The number of hydrogen-bond donors (Lipinski definition) is 2. The number of likely N-dealkylation sites (N-methyl/N-ethyl adjacent to an activating group) is 1. The van der Waals surface area contributed by atoms with Crippen LogP contribution in [0.5, 0.6) is 0 Å². The lowest BCUT2D eigenvalue weighted by Crippen LogP contribution is -2.41. The average Bonchev–Trinajstić information content (AvgIpc) is 2.65. The van der Waals surface area contributed by atoms with Crippen LogP contribution in [0, 0.1) is 0 Å². The van der Waals surface area contributed by atoms with Gasteiger partial charge in [0.1, 0.15) is 0 Å². The maximum atomic E-state index is 11.3. The molecule has 0 saturated heterocycles. The highest BCUT2D eigenvalue weighted by atomic mass is 32.2. The number of carbonyl (C=O) groups is 1. The van der Waals surface area contributed by atoms with Crippen molar-refractivity contribution in [3.05, 3.63) is 0 Å². The molecule has 0 heterocycles. The third kappa shape index (κ3) is 3.17. The number of rotatable bonds is 5. The van der Waals surface area contributed by atoms with Crippen molar-refractivity contribution in [3.8, 4) is 0 Å². The molecule has 0 aromatic rings. The molecule has 0 aromatic carbocycles. The standard InChI is InChI=1S/C10H20N2OS/c1-11-7-9(13)12-8-10(14-2)5-3-4-6-10/h11H,3-8H2,1-2H3,(H,12,13). The third-order valence-electron chi connectivity index (χ3n) is 2.89. The van der Waals surface area contributed by atoms with E-state index in [1.807, 2.05) is 11.8 Å². The second kappa shape index (κ2) is 5.61. The van der Waals surface area contributed by atoms with Gasteiger partial charge in [-0.15, -0.1) is 0 Å². The zero-order valence-electron chi connectivity index (χ0n) is 9.06. The lowest BCUT2D eigenvalue weighted by atomic mass is 10.1. The summed E-state index contributed by atoms with van der Waals surface area (Å²) in [7, 11) is 1.79. The summed E-state index contributed by atoms with van der Waals surface area (Å²) in [5.41, 5.74) is 0. The molecule has 14 heavy (non-hydrogen) atoms. The van der Waals surface area contributed by atoms with Gasteiger partial charge in [-0.3, -0.25) is 4.79 Å². The first-order chi connectivity index (χ1) is 6.72. The first-order valence-corrected chi connectivity index (χ1v) is 6.41. The molecular weight excluding hydrogens is 196 g/mol. The summed E-state index contributed by atoms with van der Waals surface area (Å²) in [6, 6.07) is 0. The van der Waals surface area contributed by atoms with E-state index in [0.717, 1.165) is 6.54 Å². The van der Waals surface area contributed by atoms with E-state index in [-0.39, 0.29) is 5.91 Å². The van der Waals surface area contributed by atoms with Crippen LogP contribution in [0.3, 0.4) is 0 Å². The highest BCUT2D eigenvalue weighted by molar-refractivity contribution is 8.00. The first-order valence-electron chi connectivity index (χ1n) is 5.19. The van der Waals surface area contributed by atoms with Crippen molar-refractivity contribution in [2.24, 2.45) is 0 Å². The summed E-state index contributed by atoms with van der Waals surface area (Å²) < 4.78 is 0.323. The minimum absolute atomic E-state index is 0.104. The zero-order chi connectivity index (χ0) is 10.4. The van der Waals surface area contributed by atoms with Crippen molar-refractivity contribution in [3.63, 3.8) is 0 Å². The lowest BCUT2D eigenvalue weighted by molar-refractivity contribution is -0.120. The Hall–Kier alpha value is -0.220. The molecule has 0 aliphatic heterocycles. The SMILES string of the molecule is CNCC(=O)NCC1(SC)CCCC1. The monoisotopic (exact) mass is 216 g/mol. The van der Waals surface area contributed by atoms with Crippen LogP contribution in [0.25, 0.3) is 0 Å². The topological polar surface area (TPSA) is 41.1 Å². The van der Waals surface area contributed by atoms with E-state index < -0.39 is 0 Å². The summed E-state index contributed by atoms with van der Waals surface area (Å²) in [6.07, 6.45) is 7.25. The second-order valence-corrected chi connectivity index (χ2v) is 5.18. The van der Waals surface area contributed by atoms with Crippen molar-refractivity contribution in [1.29, 1.82) is 0 Å². The summed E-state index contributed by atoms with van der Waals surface area (Å²) >= 11 is 1.90. The molecule has 0 aromatic heterocycles. The van der Waals surface area contributed by atoms with Crippen molar-refractivity contribution >= 4 is 17.7 Å². The quantitative estimate of drug-likeness (QED) is 0.720. The first kappa shape index (κ1) is 11.9. The lowest BCUT2D eigenvalue weighted by Gasteiger charge is -2.26. The van der Waals surface area contributed by atoms with Gasteiger partial charge in [-0.2, -0.15) is 11.8 Å². The van der Waals surface area contributed by atoms with E-state index in [2.05, 4.69) is 16.9 Å². The summed E-state index contributed by atoms with van der Waals surface area (Å²) in [6.45, 7) is 1.25. The van der Waals surface area contributed by atoms with E-state index in [1.54, 1.807) is 7.05 Å². The maximum absolute atomic E-state index is 11.3. The summed E-state index contributed by atoms with van der Waals surface area (Å²) in [5.74, 6) is 0.104. The number of hydrogen-bond acceptors (Lipinski definition) is 3. The number of thioether (sulfide) groups is 1. The van der Waals surface area contributed by atoms with E-state index in [0.29, 0.717) is 11.3 Å². The number of nitrogens with one attached hydrogen (secondary N) is 2. The Kier molecular flexibility index (Phi) is 4.75. The molecule has 2 N–H and O–H groups in total. The summed E-state index contributed by atoms with van der Waals surface area (Å²) in [4.78, 5) is 11.3. The van der Waals surface area contributed by atoms with Crippen molar-refractivity contribution < 1.29 is 4.79 Å². The fourth-order valence-electron chi connectivity index (χ4n) is 1.96. The molecule has 1 rings (SSSR count). The van der Waals surface area contributed by atoms with Gasteiger partial charge in [0.25, 0.3) is 0 Å². The minimum atomic E-state index is 0.104. The Morgan fingerprint density at radius 3 is 2.57 bits per heavy atom. The molecule has 0 spiro atoms. The molecule has 1 aliphatic rings. The molecule has 4 heteroatoms. The van der Waals surface area contributed by atoms with Crippen LogP contribution in [-0.4, -0.2) is 37.0 Å². The highest BCUT2D eigenvalue weighted by Gasteiger charge is 2.32. The van der Waals surface area contributed by atoms with Gasteiger partial charge in [-0.1, -0.05) is 12.8 Å². The molecule has 0 atom stereocenters. The molecule has 82 valence electrons. The molecular formula is C10H20N2OS. The zero-order valence-corrected chi connectivity index (χ0v) is 9.88. The predicted octanol–water partition coefficient (Wildman–Crippen LogP) is 0.998. The normalized spacial score (nSPS) is 19.6. The van der Waals surface area contributed by atoms with Crippen LogP contribution in [0.4, 0.5) is 0 Å². The molecule has 3 nitrogen and oxygen atoms in total. The molecule has 0 bridgehead atoms. The number of amides is 1. The highest BCUT2D eigenvalue weighted by Crippen LogP contribution is 2.39. The van der Waals surface area contributed by atoms with Gasteiger partial charge in [0.2, 0.25) is 5.91 Å². The molecule has 0 unspecified atom stereocenters. The predicted molar refractivity (Wildman–Crippen MR) is 61.7 cm³/mol. The minimum Gasteiger partial charge on any atom is -0.354 e. The Balaban J connectivity index is 2.30. The van der Waals surface area contributed by atoms with Crippen LogP contribution in [0.2, 0.25) is 0 Å². The van der Waals surface area contributed by atoms with Crippen LogP contribution >= 0.6 is 11.8 Å². The fraction of sp³-hybridized carbons (Fsp3) is 0.900. The van der Waals surface area contributed by atoms with E-state index in [9.17, 15) is 4.79 Å². The third-order valence-corrected chi connectivity index (χ3v) is 4.31. The van der Waals surface area contributed by atoms with Gasteiger partial charge < -0.3 is 10.6 Å².